The van der Waals surface area contributed by atoms with Crippen molar-refractivity contribution in [1.29, 1.82) is 5.26 Å². The van der Waals surface area contributed by atoms with Crippen molar-refractivity contribution in [2.45, 2.75) is 11.8 Å². The molecule has 0 aliphatic carbocycles. The Bertz CT molecular complexity index is 837. The lowest BCUT2D eigenvalue weighted by molar-refractivity contribution is 0.604. The third-order valence-corrected chi connectivity index (χ3v) is 4.10. The molecule has 0 aliphatic rings. The minimum absolute atomic E-state index is 0.331. The Balaban J connectivity index is 2.19. The van der Waals surface area contributed by atoms with Gasteiger partial charge in [0.15, 0.2) is 0 Å². The molecule has 1 heterocycles. The quantitative estimate of drug-likeness (QED) is 0.779. The SMILES string of the molecule is N#CC(Cc1c[nH]cn1)(c1ccc(Cl)cc1)c1cccc(F)c1. The van der Waals surface area contributed by atoms with Crippen molar-refractivity contribution < 1.29 is 4.39 Å². The van der Waals surface area contributed by atoms with Crippen molar-refractivity contribution in [2.24, 2.45) is 0 Å². The highest BCUT2D eigenvalue weighted by Crippen LogP contribution is 2.36. The molecule has 0 spiro atoms. The van der Waals surface area contributed by atoms with Gasteiger partial charge in [-0.15, -0.1) is 0 Å². The molecule has 0 bridgehead atoms. The van der Waals surface area contributed by atoms with Gasteiger partial charge in [-0.1, -0.05) is 35.9 Å². The highest BCUT2D eigenvalue weighted by atomic mass is 35.5. The van der Waals surface area contributed by atoms with Crippen LogP contribution in [0, 0.1) is 17.1 Å². The lowest BCUT2D eigenvalue weighted by atomic mass is 9.72. The van der Waals surface area contributed by atoms with Crippen LogP contribution in [0.25, 0.3) is 0 Å². The van der Waals surface area contributed by atoms with Gasteiger partial charge in [0.2, 0.25) is 0 Å². The number of aromatic amines is 1. The van der Waals surface area contributed by atoms with E-state index in [0.717, 1.165) is 11.3 Å². The summed E-state index contributed by atoms with van der Waals surface area (Å²) in [6.45, 7) is 0. The summed E-state index contributed by atoms with van der Waals surface area (Å²) in [4.78, 5) is 7.10. The minimum Gasteiger partial charge on any atom is -0.351 e. The monoisotopic (exact) mass is 325 g/mol. The van der Waals surface area contributed by atoms with Crippen LogP contribution in [0.3, 0.4) is 0 Å². The van der Waals surface area contributed by atoms with Crippen LogP contribution in [0.5, 0.6) is 0 Å². The van der Waals surface area contributed by atoms with E-state index in [1.165, 1.54) is 12.1 Å². The van der Waals surface area contributed by atoms with Crippen LogP contribution in [0.2, 0.25) is 5.02 Å². The summed E-state index contributed by atoms with van der Waals surface area (Å²) in [6.07, 6.45) is 3.63. The lowest BCUT2D eigenvalue weighted by Gasteiger charge is -2.27. The molecule has 1 N–H and O–H groups in total. The average Bonchev–Trinajstić information content (AvgIpc) is 3.06. The van der Waals surface area contributed by atoms with Crippen molar-refractivity contribution >= 4 is 11.6 Å². The summed E-state index contributed by atoms with van der Waals surface area (Å²) in [6, 6.07) is 15.5. The maximum atomic E-state index is 13.7. The molecule has 1 unspecified atom stereocenters. The van der Waals surface area contributed by atoms with Crippen molar-refractivity contribution in [3.63, 3.8) is 0 Å². The normalized spacial score (nSPS) is 13.3. The van der Waals surface area contributed by atoms with Gasteiger partial charge in [0.1, 0.15) is 11.2 Å². The molecule has 0 saturated heterocycles. The molecule has 0 amide bonds. The fraction of sp³-hybridized carbons (Fsp3) is 0.111. The summed E-state index contributed by atoms with van der Waals surface area (Å²) >= 11 is 5.96. The first-order valence-corrected chi connectivity index (χ1v) is 7.43. The van der Waals surface area contributed by atoms with Crippen molar-refractivity contribution in [3.05, 3.63) is 88.7 Å². The van der Waals surface area contributed by atoms with E-state index in [-0.39, 0.29) is 5.82 Å². The van der Waals surface area contributed by atoms with Crippen molar-refractivity contribution in [3.8, 4) is 6.07 Å². The van der Waals surface area contributed by atoms with Gasteiger partial charge >= 0.3 is 0 Å². The number of hydrogen-bond acceptors (Lipinski definition) is 2. The van der Waals surface area contributed by atoms with E-state index in [9.17, 15) is 9.65 Å². The molecule has 3 aromatic rings. The first-order valence-electron chi connectivity index (χ1n) is 7.05. The number of aromatic nitrogens is 2. The largest absolute Gasteiger partial charge is 0.351 e. The number of nitrogens with one attached hydrogen (secondary N) is 1. The molecule has 114 valence electrons. The fourth-order valence-corrected chi connectivity index (χ4v) is 2.81. The van der Waals surface area contributed by atoms with E-state index in [0.29, 0.717) is 17.0 Å². The van der Waals surface area contributed by atoms with E-state index in [1.54, 1.807) is 48.9 Å². The van der Waals surface area contributed by atoms with Gasteiger partial charge in [0, 0.05) is 17.6 Å². The fourth-order valence-electron chi connectivity index (χ4n) is 2.69. The van der Waals surface area contributed by atoms with Gasteiger partial charge in [-0.2, -0.15) is 5.26 Å². The van der Waals surface area contributed by atoms with E-state index in [2.05, 4.69) is 16.0 Å². The molecule has 0 saturated carbocycles. The molecule has 3 rings (SSSR count). The van der Waals surface area contributed by atoms with E-state index < -0.39 is 5.41 Å². The Hall–Kier alpha value is -2.64. The summed E-state index contributed by atoms with van der Waals surface area (Å²) in [7, 11) is 0. The van der Waals surface area contributed by atoms with Crippen LogP contribution >= 0.6 is 11.6 Å². The average molecular weight is 326 g/mol. The van der Waals surface area contributed by atoms with Crippen molar-refractivity contribution in [1.82, 2.24) is 9.97 Å². The van der Waals surface area contributed by atoms with E-state index in [4.69, 9.17) is 11.6 Å². The number of benzene rings is 2. The third kappa shape index (κ3) is 2.96. The van der Waals surface area contributed by atoms with E-state index in [1.807, 2.05) is 0 Å². The van der Waals surface area contributed by atoms with Gasteiger partial charge in [0.05, 0.1) is 18.1 Å². The first kappa shape index (κ1) is 15.3. The second-order valence-corrected chi connectivity index (χ2v) is 5.71. The Labute approximate surface area is 138 Å². The number of hydrogen-bond donors (Lipinski definition) is 1. The maximum absolute atomic E-state index is 13.7. The van der Waals surface area contributed by atoms with Crippen LogP contribution < -0.4 is 0 Å². The van der Waals surface area contributed by atoms with Gasteiger partial charge in [0.25, 0.3) is 0 Å². The second kappa shape index (κ2) is 6.23. The smallest absolute Gasteiger partial charge is 0.123 e. The van der Waals surface area contributed by atoms with Gasteiger partial charge in [-0.3, -0.25) is 0 Å². The zero-order valence-electron chi connectivity index (χ0n) is 12.1. The summed E-state index contributed by atoms with van der Waals surface area (Å²) in [5.74, 6) is -0.377. The summed E-state index contributed by atoms with van der Waals surface area (Å²) < 4.78 is 13.7. The van der Waals surface area contributed by atoms with Crippen molar-refractivity contribution in [2.75, 3.05) is 0 Å². The molecule has 23 heavy (non-hydrogen) atoms. The molecule has 0 fully saturated rings. The van der Waals surface area contributed by atoms with Gasteiger partial charge in [-0.25, -0.2) is 9.37 Å². The molecule has 3 nitrogen and oxygen atoms in total. The summed E-state index contributed by atoms with van der Waals surface area (Å²) in [5, 5.41) is 10.6. The van der Waals surface area contributed by atoms with E-state index >= 15 is 0 Å². The predicted molar refractivity (Wildman–Crippen MR) is 86.5 cm³/mol. The number of imidazole rings is 1. The third-order valence-electron chi connectivity index (χ3n) is 3.85. The Morgan fingerprint density at radius 2 is 1.96 bits per heavy atom. The number of halogens is 2. The Morgan fingerprint density at radius 3 is 2.57 bits per heavy atom. The molecule has 0 radical (unpaired) electrons. The molecular weight excluding hydrogens is 313 g/mol. The maximum Gasteiger partial charge on any atom is 0.123 e. The van der Waals surface area contributed by atoms with Crippen LogP contribution in [0.4, 0.5) is 4.39 Å². The van der Waals surface area contributed by atoms with Gasteiger partial charge in [-0.05, 0) is 35.4 Å². The lowest BCUT2D eigenvalue weighted by Crippen LogP contribution is -2.29. The molecular formula is C18H13ClFN3. The van der Waals surface area contributed by atoms with Crippen LogP contribution in [0.15, 0.2) is 61.1 Å². The molecule has 1 atom stereocenters. The molecule has 1 aromatic heterocycles. The van der Waals surface area contributed by atoms with Crippen LogP contribution in [0.1, 0.15) is 16.8 Å². The first-order chi connectivity index (χ1) is 11.1. The van der Waals surface area contributed by atoms with Gasteiger partial charge < -0.3 is 4.98 Å². The minimum atomic E-state index is -1.04. The predicted octanol–water partition coefficient (Wildman–Crippen LogP) is 4.25. The number of rotatable bonds is 4. The topological polar surface area (TPSA) is 52.5 Å². The molecule has 2 aromatic carbocycles. The number of H-pyrrole nitrogens is 1. The zero-order chi connectivity index (χ0) is 16.3. The number of nitriles is 1. The zero-order valence-corrected chi connectivity index (χ0v) is 12.9. The highest BCUT2D eigenvalue weighted by molar-refractivity contribution is 6.30. The number of nitrogens with zero attached hydrogens (tertiary/aromatic N) is 2. The molecule has 0 aliphatic heterocycles. The highest BCUT2D eigenvalue weighted by Gasteiger charge is 2.36. The standard InChI is InChI=1S/C18H13ClFN3/c19-15-6-4-13(5-7-15)18(11-21,9-17-10-22-12-23-17)14-2-1-3-16(20)8-14/h1-8,10,12H,9H2,(H,22,23). The second-order valence-electron chi connectivity index (χ2n) is 5.27. The molecule has 5 heteroatoms. The summed E-state index contributed by atoms with van der Waals surface area (Å²) in [5.41, 5.74) is 1.02. The van der Waals surface area contributed by atoms with Crippen LogP contribution in [-0.2, 0) is 11.8 Å². The Morgan fingerprint density at radius 1 is 1.17 bits per heavy atom. The van der Waals surface area contributed by atoms with Crippen LogP contribution in [-0.4, -0.2) is 9.97 Å². The Kier molecular flexibility index (Phi) is 4.14.